The second kappa shape index (κ2) is 8.33. The second-order valence-corrected chi connectivity index (χ2v) is 7.50. The summed E-state index contributed by atoms with van der Waals surface area (Å²) in [4.78, 5) is 28.9. The molecule has 8 nitrogen and oxygen atoms in total. The van der Waals surface area contributed by atoms with Crippen molar-refractivity contribution in [3.05, 3.63) is 34.0 Å². The summed E-state index contributed by atoms with van der Waals surface area (Å²) in [5.41, 5.74) is 0. The van der Waals surface area contributed by atoms with Crippen LogP contribution in [-0.4, -0.2) is 44.5 Å². The number of hydrogen-bond donors (Lipinski definition) is 0. The van der Waals surface area contributed by atoms with Gasteiger partial charge in [-0.05, 0) is 23.2 Å². The summed E-state index contributed by atoms with van der Waals surface area (Å²) < 4.78 is 7.41. The van der Waals surface area contributed by atoms with Gasteiger partial charge in [0.2, 0.25) is 0 Å². The molecule has 0 aromatic carbocycles. The maximum absolute atomic E-state index is 12.5. The lowest BCUT2D eigenvalue weighted by atomic mass is 10.0. The molecule has 2 heterocycles. The quantitative estimate of drug-likeness (QED) is 0.496. The van der Waals surface area contributed by atoms with Crippen molar-refractivity contribution in [3.8, 4) is 0 Å². The third-order valence-electron chi connectivity index (χ3n) is 4.32. The van der Waals surface area contributed by atoms with Gasteiger partial charge >= 0.3 is 5.82 Å². The summed E-state index contributed by atoms with van der Waals surface area (Å²) in [7, 11) is 0. The van der Waals surface area contributed by atoms with Gasteiger partial charge in [0, 0.05) is 13.0 Å². The van der Waals surface area contributed by atoms with E-state index < -0.39 is 4.92 Å². The van der Waals surface area contributed by atoms with E-state index in [4.69, 9.17) is 4.74 Å². The van der Waals surface area contributed by atoms with E-state index in [9.17, 15) is 14.9 Å². The van der Waals surface area contributed by atoms with Crippen LogP contribution in [0.5, 0.6) is 0 Å². The lowest BCUT2D eigenvalue weighted by Gasteiger charge is -2.28. The van der Waals surface area contributed by atoms with Crippen molar-refractivity contribution in [1.29, 1.82) is 0 Å². The van der Waals surface area contributed by atoms with Crippen LogP contribution < -0.4 is 0 Å². The number of hydrogen-bond acceptors (Lipinski definition) is 5. The highest BCUT2D eigenvalue weighted by atomic mass is 16.6. The minimum Gasteiger partial charge on any atom is -0.495 e. The number of nitrogens with zero attached hydrogens (tertiary/aromatic N) is 4. The SMILES string of the molecule is Cc1ncc([N+](=O)[O-])n1CCN1C(=O)C=C(OCC(C)C)C1CC(C)C. The molecular formula is C18H28N4O4. The number of carbonyl (C=O) groups excluding carboxylic acids is 1. The number of rotatable bonds is 9. The Morgan fingerprint density at radius 2 is 1.96 bits per heavy atom. The highest BCUT2D eigenvalue weighted by Gasteiger charge is 2.35. The van der Waals surface area contributed by atoms with Crippen molar-refractivity contribution in [2.75, 3.05) is 13.2 Å². The Labute approximate surface area is 154 Å². The van der Waals surface area contributed by atoms with Gasteiger partial charge in [-0.15, -0.1) is 0 Å². The Hall–Kier alpha value is -2.38. The summed E-state index contributed by atoms with van der Waals surface area (Å²) in [6.45, 7) is 11.3. The van der Waals surface area contributed by atoms with E-state index in [0.29, 0.717) is 43.1 Å². The van der Waals surface area contributed by atoms with Crippen LogP contribution in [0, 0.1) is 28.9 Å². The van der Waals surface area contributed by atoms with Gasteiger partial charge in [0.25, 0.3) is 5.91 Å². The number of amides is 1. The Bertz CT molecular complexity index is 693. The maximum atomic E-state index is 12.5. The summed E-state index contributed by atoms with van der Waals surface area (Å²) in [5.74, 6) is 1.87. The average molecular weight is 364 g/mol. The van der Waals surface area contributed by atoms with Crippen LogP contribution in [0.25, 0.3) is 0 Å². The molecule has 2 rings (SSSR count). The van der Waals surface area contributed by atoms with Gasteiger partial charge in [0.1, 0.15) is 18.5 Å². The summed E-state index contributed by atoms with van der Waals surface area (Å²) in [6.07, 6.45) is 3.60. The van der Waals surface area contributed by atoms with Gasteiger partial charge in [-0.2, -0.15) is 0 Å². The van der Waals surface area contributed by atoms with E-state index in [0.717, 1.165) is 6.42 Å². The first-order valence-corrected chi connectivity index (χ1v) is 9.02. The second-order valence-electron chi connectivity index (χ2n) is 7.50. The first-order valence-electron chi connectivity index (χ1n) is 9.02. The van der Waals surface area contributed by atoms with E-state index in [-0.39, 0.29) is 17.8 Å². The molecule has 0 saturated carbocycles. The average Bonchev–Trinajstić information content (AvgIpc) is 3.04. The molecule has 8 heteroatoms. The van der Waals surface area contributed by atoms with Gasteiger partial charge in [0.15, 0.2) is 5.82 Å². The molecule has 0 bridgehead atoms. The highest BCUT2D eigenvalue weighted by Crippen LogP contribution is 2.27. The molecule has 1 unspecified atom stereocenters. The minimum atomic E-state index is -0.452. The molecule has 0 spiro atoms. The first-order chi connectivity index (χ1) is 12.2. The standard InChI is InChI=1S/C18H28N4O4/c1-12(2)8-15-16(26-11-13(3)4)9-18(23)21(15)7-6-20-14(5)19-10-17(20)22(24)25/h9-10,12-13,15H,6-8,11H2,1-5H3. The lowest BCUT2D eigenvalue weighted by Crippen LogP contribution is -2.39. The first kappa shape index (κ1) is 19.9. The molecule has 0 N–H and O–H groups in total. The van der Waals surface area contributed by atoms with Crippen LogP contribution in [0.15, 0.2) is 18.0 Å². The molecule has 1 aromatic heterocycles. The number of nitro groups is 1. The van der Waals surface area contributed by atoms with E-state index in [1.54, 1.807) is 17.9 Å². The monoisotopic (exact) mass is 364 g/mol. The number of imidazole rings is 1. The van der Waals surface area contributed by atoms with Crippen molar-refractivity contribution in [2.45, 2.75) is 53.6 Å². The third kappa shape index (κ3) is 4.62. The minimum absolute atomic E-state index is 0.0567. The van der Waals surface area contributed by atoms with E-state index >= 15 is 0 Å². The third-order valence-corrected chi connectivity index (χ3v) is 4.32. The van der Waals surface area contributed by atoms with Gasteiger partial charge < -0.3 is 19.8 Å². The van der Waals surface area contributed by atoms with Gasteiger partial charge in [-0.1, -0.05) is 27.7 Å². The van der Waals surface area contributed by atoms with Crippen LogP contribution in [0.2, 0.25) is 0 Å². The number of ether oxygens (including phenoxy) is 1. The molecule has 1 atom stereocenters. The fraction of sp³-hybridized carbons (Fsp3) is 0.667. The number of carbonyl (C=O) groups is 1. The zero-order valence-corrected chi connectivity index (χ0v) is 16.1. The fourth-order valence-electron chi connectivity index (χ4n) is 3.05. The molecule has 1 aliphatic heterocycles. The Kier molecular flexibility index (Phi) is 6.39. The predicted molar refractivity (Wildman–Crippen MR) is 97.4 cm³/mol. The van der Waals surface area contributed by atoms with Crippen molar-refractivity contribution in [3.63, 3.8) is 0 Å². The fourth-order valence-corrected chi connectivity index (χ4v) is 3.05. The molecule has 26 heavy (non-hydrogen) atoms. The summed E-state index contributed by atoms with van der Waals surface area (Å²) in [5, 5.41) is 11.1. The molecule has 144 valence electrons. The van der Waals surface area contributed by atoms with Gasteiger partial charge in [0.05, 0.1) is 19.2 Å². The Morgan fingerprint density at radius 3 is 2.54 bits per heavy atom. The number of aromatic nitrogens is 2. The van der Waals surface area contributed by atoms with Crippen molar-refractivity contribution >= 4 is 11.7 Å². The van der Waals surface area contributed by atoms with E-state index in [2.05, 4.69) is 32.7 Å². The van der Waals surface area contributed by atoms with Crippen LogP contribution in [0.3, 0.4) is 0 Å². The van der Waals surface area contributed by atoms with Crippen LogP contribution in [0.4, 0.5) is 5.82 Å². The van der Waals surface area contributed by atoms with Gasteiger partial charge in [-0.25, -0.2) is 9.55 Å². The largest absolute Gasteiger partial charge is 0.495 e. The van der Waals surface area contributed by atoms with Crippen molar-refractivity contribution in [1.82, 2.24) is 14.5 Å². The normalized spacial score (nSPS) is 17.3. The lowest BCUT2D eigenvalue weighted by molar-refractivity contribution is -0.392. The highest BCUT2D eigenvalue weighted by molar-refractivity contribution is 5.91. The Morgan fingerprint density at radius 1 is 1.27 bits per heavy atom. The zero-order chi connectivity index (χ0) is 19.4. The van der Waals surface area contributed by atoms with Crippen LogP contribution in [0.1, 0.15) is 39.9 Å². The molecule has 1 aromatic rings. The molecular weight excluding hydrogens is 336 g/mol. The summed E-state index contributed by atoms with van der Waals surface area (Å²) >= 11 is 0. The van der Waals surface area contributed by atoms with Crippen LogP contribution in [-0.2, 0) is 16.1 Å². The molecule has 1 amide bonds. The molecule has 0 saturated heterocycles. The molecule has 0 radical (unpaired) electrons. The molecule has 1 aliphatic rings. The van der Waals surface area contributed by atoms with Crippen molar-refractivity contribution in [2.24, 2.45) is 11.8 Å². The number of aryl methyl sites for hydroxylation is 1. The zero-order valence-electron chi connectivity index (χ0n) is 16.1. The smallest absolute Gasteiger partial charge is 0.342 e. The maximum Gasteiger partial charge on any atom is 0.342 e. The molecule has 0 fully saturated rings. The van der Waals surface area contributed by atoms with E-state index in [1.807, 2.05) is 0 Å². The van der Waals surface area contributed by atoms with E-state index in [1.165, 1.54) is 10.8 Å². The van der Waals surface area contributed by atoms with Gasteiger partial charge in [-0.3, -0.25) is 4.79 Å². The van der Waals surface area contributed by atoms with Crippen molar-refractivity contribution < 1.29 is 14.5 Å². The van der Waals surface area contributed by atoms with Crippen LogP contribution >= 0.6 is 0 Å². The Balaban J connectivity index is 2.13. The predicted octanol–water partition coefficient (Wildman–Crippen LogP) is 2.91. The summed E-state index contributed by atoms with van der Waals surface area (Å²) in [6, 6.07) is -0.121. The molecule has 0 aliphatic carbocycles. The topological polar surface area (TPSA) is 90.5 Å².